The summed E-state index contributed by atoms with van der Waals surface area (Å²) in [6.07, 6.45) is 5.22. The van der Waals surface area contributed by atoms with Crippen molar-refractivity contribution in [1.29, 1.82) is 0 Å². The van der Waals surface area contributed by atoms with E-state index in [2.05, 4.69) is 11.4 Å². The van der Waals surface area contributed by atoms with Gasteiger partial charge in [0.05, 0.1) is 19.8 Å². The predicted molar refractivity (Wildman–Crippen MR) is 82.7 cm³/mol. The Balaban J connectivity index is 1.51. The Morgan fingerprint density at radius 3 is 3.10 bits per heavy atom. The van der Waals surface area contributed by atoms with Gasteiger partial charge in [-0.1, -0.05) is 12.1 Å². The first-order valence-electron chi connectivity index (χ1n) is 7.74. The second kappa shape index (κ2) is 6.96. The van der Waals surface area contributed by atoms with Crippen LogP contribution in [0, 0.1) is 0 Å². The Hall–Kier alpha value is -1.52. The van der Waals surface area contributed by atoms with Crippen LogP contribution in [0.3, 0.4) is 0 Å². The fraction of sp³-hybridized carbons (Fsp3) is 0.529. The van der Waals surface area contributed by atoms with Crippen LogP contribution in [0.4, 0.5) is 0 Å². The van der Waals surface area contributed by atoms with Gasteiger partial charge in [-0.25, -0.2) is 0 Å². The van der Waals surface area contributed by atoms with Crippen molar-refractivity contribution in [3.05, 3.63) is 30.0 Å². The molecule has 0 aliphatic carbocycles. The van der Waals surface area contributed by atoms with Gasteiger partial charge in [0.25, 0.3) is 0 Å². The Kier molecular flexibility index (Phi) is 4.78. The number of rotatable bonds is 6. The Morgan fingerprint density at radius 2 is 2.29 bits per heavy atom. The van der Waals surface area contributed by atoms with Crippen molar-refractivity contribution in [1.82, 2.24) is 5.32 Å². The molecule has 0 saturated carbocycles. The van der Waals surface area contributed by atoms with Gasteiger partial charge in [-0.3, -0.25) is 0 Å². The molecular formula is C17H23NO3. The first kappa shape index (κ1) is 14.4. The minimum absolute atomic E-state index is 0.432. The monoisotopic (exact) mass is 289 g/mol. The third-order valence-corrected chi connectivity index (χ3v) is 4.00. The first-order valence-corrected chi connectivity index (χ1v) is 7.74. The second-order valence-corrected chi connectivity index (χ2v) is 5.55. The lowest BCUT2D eigenvalue weighted by atomic mass is 10.1. The normalized spacial score (nSPS) is 19.0. The maximum atomic E-state index is 5.86. The molecule has 1 aromatic heterocycles. The van der Waals surface area contributed by atoms with Gasteiger partial charge in [0.15, 0.2) is 11.3 Å². The second-order valence-electron chi connectivity index (χ2n) is 5.55. The van der Waals surface area contributed by atoms with Gasteiger partial charge in [0, 0.05) is 12.0 Å². The maximum absolute atomic E-state index is 5.86. The van der Waals surface area contributed by atoms with Crippen molar-refractivity contribution in [2.24, 2.45) is 0 Å². The average molecular weight is 289 g/mol. The summed E-state index contributed by atoms with van der Waals surface area (Å²) in [5.74, 6) is 1.73. The van der Waals surface area contributed by atoms with Crippen LogP contribution in [0.5, 0.6) is 5.75 Å². The van der Waals surface area contributed by atoms with Crippen molar-refractivity contribution < 1.29 is 13.9 Å². The molecule has 3 rings (SSSR count). The van der Waals surface area contributed by atoms with E-state index in [9.17, 15) is 0 Å². The van der Waals surface area contributed by atoms with Gasteiger partial charge in [0.1, 0.15) is 5.76 Å². The number of furan rings is 1. The van der Waals surface area contributed by atoms with Gasteiger partial charge < -0.3 is 19.2 Å². The summed E-state index contributed by atoms with van der Waals surface area (Å²) in [6, 6.07) is 8.01. The minimum atomic E-state index is 0.432. The van der Waals surface area contributed by atoms with E-state index in [1.54, 1.807) is 7.11 Å². The summed E-state index contributed by atoms with van der Waals surface area (Å²) >= 11 is 0. The van der Waals surface area contributed by atoms with Crippen LogP contribution >= 0.6 is 0 Å². The van der Waals surface area contributed by atoms with Crippen LogP contribution in [-0.4, -0.2) is 26.4 Å². The van der Waals surface area contributed by atoms with Gasteiger partial charge in [-0.2, -0.15) is 0 Å². The molecular weight excluding hydrogens is 266 g/mol. The molecule has 2 heterocycles. The number of para-hydroxylation sites is 1. The highest BCUT2D eigenvalue weighted by Gasteiger charge is 2.13. The molecule has 0 radical (unpaired) electrons. The summed E-state index contributed by atoms with van der Waals surface area (Å²) in [4.78, 5) is 0. The van der Waals surface area contributed by atoms with Gasteiger partial charge in [0.2, 0.25) is 0 Å². The molecule has 1 N–H and O–H groups in total. The van der Waals surface area contributed by atoms with E-state index in [0.29, 0.717) is 6.10 Å². The number of hydrogen-bond acceptors (Lipinski definition) is 4. The fourth-order valence-electron chi connectivity index (χ4n) is 2.85. The van der Waals surface area contributed by atoms with Crippen molar-refractivity contribution in [3.63, 3.8) is 0 Å². The molecule has 114 valence electrons. The van der Waals surface area contributed by atoms with E-state index in [1.807, 2.05) is 18.2 Å². The van der Waals surface area contributed by atoms with Crippen LogP contribution in [0.2, 0.25) is 0 Å². The number of hydrogen-bond donors (Lipinski definition) is 1. The zero-order chi connectivity index (χ0) is 14.5. The van der Waals surface area contributed by atoms with E-state index in [1.165, 1.54) is 19.3 Å². The molecule has 2 aromatic rings. The van der Waals surface area contributed by atoms with E-state index in [0.717, 1.165) is 48.6 Å². The van der Waals surface area contributed by atoms with E-state index in [-0.39, 0.29) is 0 Å². The quantitative estimate of drug-likeness (QED) is 0.827. The van der Waals surface area contributed by atoms with Crippen LogP contribution in [0.1, 0.15) is 31.4 Å². The van der Waals surface area contributed by atoms with Crippen LogP contribution in [-0.2, 0) is 11.3 Å². The van der Waals surface area contributed by atoms with E-state index < -0.39 is 0 Å². The highest BCUT2D eigenvalue weighted by molar-refractivity contribution is 5.83. The molecule has 1 aromatic carbocycles. The highest BCUT2D eigenvalue weighted by Crippen LogP contribution is 2.28. The first-order chi connectivity index (χ1) is 10.4. The fourth-order valence-corrected chi connectivity index (χ4v) is 2.85. The largest absolute Gasteiger partial charge is 0.493 e. The SMILES string of the molecule is COc1cccc2cc(CNCCC3CCCCO3)oc12. The smallest absolute Gasteiger partial charge is 0.176 e. The third-order valence-electron chi connectivity index (χ3n) is 4.00. The summed E-state index contributed by atoms with van der Waals surface area (Å²) < 4.78 is 16.9. The Bertz CT molecular complexity index is 572. The number of methoxy groups -OCH3 is 1. The van der Waals surface area contributed by atoms with Crippen molar-refractivity contribution in [3.8, 4) is 5.75 Å². The van der Waals surface area contributed by atoms with Gasteiger partial charge in [-0.05, 0) is 44.4 Å². The van der Waals surface area contributed by atoms with Crippen molar-refractivity contribution >= 4 is 11.0 Å². The van der Waals surface area contributed by atoms with Crippen LogP contribution in [0.25, 0.3) is 11.0 Å². The molecule has 4 nitrogen and oxygen atoms in total. The topological polar surface area (TPSA) is 43.6 Å². The highest BCUT2D eigenvalue weighted by atomic mass is 16.5. The van der Waals surface area contributed by atoms with Gasteiger partial charge in [-0.15, -0.1) is 0 Å². The summed E-state index contributed by atoms with van der Waals surface area (Å²) in [5.41, 5.74) is 0.826. The Labute approximate surface area is 125 Å². The maximum Gasteiger partial charge on any atom is 0.176 e. The van der Waals surface area contributed by atoms with Crippen molar-refractivity contribution in [2.75, 3.05) is 20.3 Å². The number of fused-ring (bicyclic) bond motifs is 1. The van der Waals surface area contributed by atoms with E-state index >= 15 is 0 Å². The standard InChI is InChI=1S/C17H23NO3/c1-19-16-7-4-5-13-11-15(21-17(13)16)12-18-9-8-14-6-2-3-10-20-14/h4-5,7,11,14,18H,2-3,6,8-10,12H2,1H3. The summed E-state index contributed by atoms with van der Waals surface area (Å²) in [5, 5.41) is 4.52. The molecule has 21 heavy (non-hydrogen) atoms. The number of benzene rings is 1. The molecule has 1 atom stereocenters. The zero-order valence-corrected chi connectivity index (χ0v) is 12.6. The molecule has 1 fully saturated rings. The molecule has 0 amide bonds. The summed E-state index contributed by atoms with van der Waals surface area (Å²) in [6.45, 7) is 2.62. The molecule has 1 unspecified atom stereocenters. The lowest BCUT2D eigenvalue weighted by Gasteiger charge is -2.22. The average Bonchev–Trinajstić information content (AvgIpc) is 2.95. The van der Waals surface area contributed by atoms with Crippen LogP contribution < -0.4 is 10.1 Å². The molecule has 0 spiro atoms. The number of nitrogens with one attached hydrogen (secondary N) is 1. The molecule has 0 bridgehead atoms. The molecule has 4 heteroatoms. The van der Waals surface area contributed by atoms with Crippen LogP contribution in [0.15, 0.2) is 28.7 Å². The van der Waals surface area contributed by atoms with E-state index in [4.69, 9.17) is 13.9 Å². The third kappa shape index (κ3) is 3.57. The lowest BCUT2D eigenvalue weighted by molar-refractivity contribution is 0.0115. The number of ether oxygens (including phenoxy) is 2. The minimum Gasteiger partial charge on any atom is -0.493 e. The molecule has 1 saturated heterocycles. The van der Waals surface area contributed by atoms with Gasteiger partial charge >= 0.3 is 0 Å². The predicted octanol–water partition coefficient (Wildman–Crippen LogP) is 3.49. The lowest BCUT2D eigenvalue weighted by Crippen LogP contribution is -2.25. The Morgan fingerprint density at radius 1 is 1.33 bits per heavy atom. The molecule has 1 aliphatic heterocycles. The van der Waals surface area contributed by atoms with Crippen molar-refractivity contribution in [2.45, 2.75) is 38.3 Å². The zero-order valence-electron chi connectivity index (χ0n) is 12.6. The summed E-state index contributed by atoms with van der Waals surface area (Å²) in [7, 11) is 1.67. The molecule has 1 aliphatic rings.